The molecule has 1 aliphatic rings. The second-order valence-corrected chi connectivity index (χ2v) is 5.91. The summed E-state index contributed by atoms with van der Waals surface area (Å²) in [5.41, 5.74) is 7.54. The molecule has 21 heavy (non-hydrogen) atoms. The number of hydrogen-bond acceptors (Lipinski definition) is 3. The van der Waals surface area contributed by atoms with Crippen LogP contribution in [0.15, 0.2) is 18.2 Å². The molecule has 1 unspecified atom stereocenters. The van der Waals surface area contributed by atoms with Crippen molar-refractivity contribution in [3.8, 4) is 0 Å². The molecule has 2 N–H and O–H groups in total. The summed E-state index contributed by atoms with van der Waals surface area (Å²) in [7, 11) is 0. The van der Waals surface area contributed by atoms with Gasteiger partial charge in [0.15, 0.2) is 0 Å². The van der Waals surface area contributed by atoms with Gasteiger partial charge in [-0.3, -0.25) is 4.79 Å². The van der Waals surface area contributed by atoms with E-state index in [0.717, 1.165) is 18.4 Å². The maximum absolute atomic E-state index is 11.9. The van der Waals surface area contributed by atoms with E-state index < -0.39 is 0 Å². The number of benzene rings is 1. The van der Waals surface area contributed by atoms with Crippen molar-refractivity contribution >= 4 is 23.3 Å². The Bertz CT molecular complexity index is 477. The Morgan fingerprint density at radius 1 is 1.48 bits per heavy atom. The van der Waals surface area contributed by atoms with Gasteiger partial charge < -0.3 is 10.5 Å². The Labute approximate surface area is 142 Å². The van der Waals surface area contributed by atoms with E-state index in [4.69, 9.17) is 22.1 Å². The Hall–Kier alpha value is -0.701. The van der Waals surface area contributed by atoms with Crippen LogP contribution in [0.3, 0.4) is 0 Å². The Morgan fingerprint density at radius 3 is 2.76 bits per heavy atom. The van der Waals surface area contributed by atoms with Gasteiger partial charge in [0.2, 0.25) is 0 Å². The zero-order valence-corrected chi connectivity index (χ0v) is 14.1. The molecule has 118 valence electrons. The molecule has 1 fully saturated rings. The molecule has 2 rings (SSSR count). The quantitative estimate of drug-likeness (QED) is 0.347. The largest absolute Gasteiger partial charge is 0.466 e. The van der Waals surface area contributed by atoms with Crippen LogP contribution in [0.5, 0.6) is 0 Å². The number of halogens is 1. The smallest absolute Gasteiger partial charge is 0.306 e. The maximum atomic E-state index is 11.9. The number of hydrogen-bond donors (Lipinski definition) is 1. The van der Waals surface area contributed by atoms with Crippen LogP contribution in [-0.2, 0) is 26.6 Å². The molecule has 1 aliphatic carbocycles. The zero-order valence-electron chi connectivity index (χ0n) is 12.3. The summed E-state index contributed by atoms with van der Waals surface area (Å²) in [6.45, 7) is 2.60. The first-order chi connectivity index (χ1) is 9.61. The van der Waals surface area contributed by atoms with E-state index in [1.807, 2.05) is 18.2 Å². The van der Waals surface area contributed by atoms with Crippen LogP contribution in [0, 0.1) is 5.92 Å². The average Bonchev–Trinajstić information content (AvgIpc) is 3.24. The van der Waals surface area contributed by atoms with Gasteiger partial charge in [0, 0.05) is 17.1 Å². The van der Waals surface area contributed by atoms with Gasteiger partial charge in [-0.05, 0) is 48.8 Å². The monoisotopic (exact) mass is 351 g/mol. The normalized spacial score (nSPS) is 15.1. The second kappa shape index (κ2) is 8.67. The van der Waals surface area contributed by atoms with Crippen molar-refractivity contribution in [3.63, 3.8) is 0 Å². The first-order valence-electron chi connectivity index (χ1n) is 7.32. The number of ether oxygens (including phenoxy) is 1. The number of carbonyl (C=O) groups excluding carboxylic acids is 1. The first kappa shape index (κ1) is 18.3. The van der Waals surface area contributed by atoms with E-state index in [1.54, 1.807) is 0 Å². The van der Waals surface area contributed by atoms with E-state index in [9.17, 15) is 4.79 Å². The number of carbonyl (C=O) groups is 1. The predicted octanol–water partition coefficient (Wildman–Crippen LogP) is 4.15. The van der Waals surface area contributed by atoms with Crippen molar-refractivity contribution in [2.75, 3.05) is 12.3 Å². The molecule has 0 heterocycles. The van der Waals surface area contributed by atoms with Crippen molar-refractivity contribution in [2.45, 2.75) is 44.9 Å². The van der Waals surface area contributed by atoms with E-state index >= 15 is 0 Å². The summed E-state index contributed by atoms with van der Waals surface area (Å²) in [4.78, 5) is 11.9. The topological polar surface area (TPSA) is 52.3 Å². The summed E-state index contributed by atoms with van der Waals surface area (Å²) in [5.74, 6) is 0.682. The number of nitrogens with two attached hydrogens (primary N) is 1. The number of rotatable bonds is 7. The average molecular weight is 352 g/mol. The van der Waals surface area contributed by atoms with E-state index in [1.165, 1.54) is 12.8 Å². The van der Waals surface area contributed by atoms with E-state index in [0.29, 0.717) is 29.7 Å². The third kappa shape index (κ3) is 5.54. The van der Waals surface area contributed by atoms with Gasteiger partial charge in [0.1, 0.15) is 0 Å². The summed E-state index contributed by atoms with van der Waals surface area (Å²) in [6, 6.07) is 5.68. The predicted molar refractivity (Wildman–Crippen MR) is 81.8 cm³/mol. The van der Waals surface area contributed by atoms with Gasteiger partial charge in [-0.1, -0.05) is 31.0 Å². The molecular formula is C16H22ClFeNO2. The first-order valence-corrected chi connectivity index (χ1v) is 7.70. The summed E-state index contributed by atoms with van der Waals surface area (Å²) in [5, 5.41) is 0.564. The fraction of sp³-hybridized carbons (Fsp3) is 0.562. The number of nitrogen functional groups attached to an aromatic ring is 1. The fourth-order valence-electron chi connectivity index (χ4n) is 2.42. The van der Waals surface area contributed by atoms with Crippen molar-refractivity contribution in [1.29, 1.82) is 0 Å². The molecule has 3 nitrogen and oxygen atoms in total. The summed E-state index contributed by atoms with van der Waals surface area (Å²) >= 11 is 5.95. The van der Waals surface area contributed by atoms with Crippen LogP contribution < -0.4 is 5.73 Å². The minimum Gasteiger partial charge on any atom is -0.466 e. The molecule has 0 aromatic heterocycles. The van der Waals surface area contributed by atoms with Crippen LogP contribution in [0.25, 0.3) is 0 Å². The zero-order chi connectivity index (χ0) is 14.5. The van der Waals surface area contributed by atoms with Crippen molar-refractivity contribution in [1.82, 2.24) is 0 Å². The molecular weight excluding hydrogens is 329 g/mol. The van der Waals surface area contributed by atoms with E-state index in [-0.39, 0.29) is 29.0 Å². The molecule has 1 aromatic carbocycles. The van der Waals surface area contributed by atoms with Gasteiger partial charge in [0.05, 0.1) is 23.7 Å². The fourth-order valence-corrected chi connectivity index (χ4v) is 2.53. The third-order valence-corrected chi connectivity index (χ3v) is 4.13. The van der Waals surface area contributed by atoms with Gasteiger partial charge in [-0.2, -0.15) is 0 Å². The molecule has 0 amide bonds. The van der Waals surface area contributed by atoms with Crippen molar-refractivity contribution in [3.05, 3.63) is 28.8 Å². The summed E-state index contributed by atoms with van der Waals surface area (Å²) < 4.78 is 5.27. The second-order valence-electron chi connectivity index (χ2n) is 5.50. The minimum atomic E-state index is -0.108. The molecule has 1 atom stereocenters. The van der Waals surface area contributed by atoms with Crippen LogP contribution in [0.1, 0.15) is 50.5 Å². The third-order valence-electron chi connectivity index (χ3n) is 3.79. The van der Waals surface area contributed by atoms with Crippen LogP contribution in [0.4, 0.5) is 5.69 Å². The van der Waals surface area contributed by atoms with Crippen molar-refractivity contribution < 1.29 is 26.6 Å². The van der Waals surface area contributed by atoms with Crippen LogP contribution in [-0.4, -0.2) is 12.6 Å². The number of anilines is 1. The van der Waals surface area contributed by atoms with Crippen molar-refractivity contribution in [2.24, 2.45) is 5.92 Å². The van der Waals surface area contributed by atoms with E-state index in [2.05, 4.69) is 6.92 Å². The van der Waals surface area contributed by atoms with Gasteiger partial charge in [0.25, 0.3) is 0 Å². The van der Waals surface area contributed by atoms with Crippen LogP contribution in [0.2, 0.25) is 5.02 Å². The molecule has 0 radical (unpaired) electrons. The molecule has 0 bridgehead atoms. The Morgan fingerprint density at radius 2 is 2.19 bits per heavy atom. The molecule has 1 aromatic rings. The Kier molecular flexibility index (Phi) is 7.58. The molecule has 0 saturated heterocycles. The van der Waals surface area contributed by atoms with Gasteiger partial charge in [-0.25, -0.2) is 0 Å². The summed E-state index contributed by atoms with van der Waals surface area (Å²) in [6.07, 6.45) is 4.75. The number of esters is 1. The van der Waals surface area contributed by atoms with Gasteiger partial charge in [-0.15, -0.1) is 0 Å². The molecule has 0 spiro atoms. The molecule has 1 saturated carbocycles. The van der Waals surface area contributed by atoms with Crippen LogP contribution >= 0.6 is 11.6 Å². The standard InChI is InChI=1S/C16H22ClNO2.Fe/c1-2-3-8-20-16(19)10-13(11-4-5-11)12-6-7-14(17)15(18)9-12;/h6-7,9,11,13H,2-5,8,10,18H2,1H3;. The Balaban J connectivity index is 0.00000220. The SMILES string of the molecule is CCCCOC(=O)CC(c1ccc(Cl)c(N)c1)C1CC1.[Fe]. The molecule has 0 aliphatic heterocycles. The molecule has 5 heteroatoms. The maximum Gasteiger partial charge on any atom is 0.306 e. The number of unbranched alkanes of at least 4 members (excludes halogenated alkanes) is 1. The van der Waals surface area contributed by atoms with Gasteiger partial charge >= 0.3 is 5.97 Å². The minimum absolute atomic E-state index is 0.